The maximum absolute atomic E-state index is 14.4. The molecular weight excluding hydrogens is 1270 g/mol. The molecule has 15 atom stereocenters. The molecule has 1 radical (unpaired) electrons. The molecule has 30 heteroatoms. The van der Waals surface area contributed by atoms with Gasteiger partial charge in [0.2, 0.25) is 41.4 Å². The van der Waals surface area contributed by atoms with E-state index >= 15 is 0 Å². The van der Waals surface area contributed by atoms with Crippen LogP contribution in [0.15, 0.2) is 67.8 Å². The second kappa shape index (κ2) is 28.4. The Balaban J connectivity index is 0.00000686. The largest absolute Gasteiger partial charge is 0.756 e. The van der Waals surface area contributed by atoms with E-state index in [0.29, 0.717) is 56.4 Å². The van der Waals surface area contributed by atoms with Crippen LogP contribution < -0.4 is 49.9 Å². The van der Waals surface area contributed by atoms with Gasteiger partial charge in [-0.05, 0) is 107 Å². The van der Waals surface area contributed by atoms with Crippen molar-refractivity contribution in [2.75, 3.05) is 13.2 Å². The van der Waals surface area contributed by atoms with Gasteiger partial charge in [0.05, 0.1) is 47.3 Å². The zero-order valence-electron chi connectivity index (χ0n) is 54.8. The molecular formula is C63H93CoN13O15P-. The number of allylic oxidation sites excluding steroid dienone is 6. The van der Waals surface area contributed by atoms with Crippen molar-refractivity contribution in [3.05, 3.63) is 63.9 Å². The third-order valence-electron chi connectivity index (χ3n) is 20.8. The number of aliphatic hydroxyl groups is 2. The molecule has 6 aliphatic rings. The topological polar surface area (TPSA) is 494 Å². The second-order valence-electron chi connectivity index (χ2n) is 27.3. The zero-order chi connectivity index (χ0) is 67.4. The summed E-state index contributed by atoms with van der Waals surface area (Å²) in [6.07, 6.45) is -3.86. The number of aliphatic hydroxyl groups excluding tert-OH is 2. The summed E-state index contributed by atoms with van der Waals surface area (Å²) in [5.41, 5.74) is 37.3. The Bertz CT molecular complexity index is 3570. The van der Waals surface area contributed by atoms with Crippen molar-refractivity contribution in [1.82, 2.24) is 20.2 Å². The number of aliphatic imine (C=N–C) groups is 3. The summed E-state index contributed by atoms with van der Waals surface area (Å²) in [5, 5.41) is 28.4. The average Bonchev–Trinajstić information content (AvgIpc) is 1.53. The van der Waals surface area contributed by atoms with Crippen molar-refractivity contribution >= 4 is 77.3 Å². The van der Waals surface area contributed by atoms with Gasteiger partial charge in [0.1, 0.15) is 18.3 Å². The van der Waals surface area contributed by atoms with Gasteiger partial charge in [-0.1, -0.05) is 41.5 Å². The van der Waals surface area contributed by atoms with Gasteiger partial charge >= 0.3 is 0 Å². The number of phosphoric acid groups is 1. The number of aryl methyl sites for hydroxylation is 2. The number of phosphoric ester groups is 1. The van der Waals surface area contributed by atoms with Crippen molar-refractivity contribution in [3.63, 3.8) is 0 Å². The zero-order valence-corrected chi connectivity index (χ0v) is 56.7. The van der Waals surface area contributed by atoms with Crippen LogP contribution in [-0.4, -0.2) is 133 Å². The van der Waals surface area contributed by atoms with Crippen molar-refractivity contribution in [2.24, 2.45) is 94.7 Å². The monoisotopic (exact) mass is 1360 g/mol. The third-order valence-corrected chi connectivity index (χ3v) is 22.0. The van der Waals surface area contributed by atoms with E-state index in [4.69, 9.17) is 63.2 Å². The van der Waals surface area contributed by atoms with Gasteiger partial charge in [0.15, 0.2) is 6.23 Å². The predicted octanol–water partition coefficient (Wildman–Crippen LogP) is 1.96. The standard InChI is InChI=1S/C63H92N13O14P.Co.H2O/c1-12-34-22-41-40(21-30(34)2)71-29-76(41)58-53(85)54(42(28-77)88-58)90-91(86,87)89-31(3)27-70-50(84)19-20-60(8)38(23-47(67)81)57-63(11)62(10,26-49(69)83)37(15-18-46(66)80)52(75-63)33(5)56-61(9,25-48(68)82)35(13-16-44(64)78)39(72-56)24-43-59(6,7)36(14-17-45(65)79)51(73-43)32(4)55(60)74-57;;/h21-22,24,29,31,35-38,42,53-54,57-58,74,77,85H,12-20,23,25-28H2,1-11H3,(H2,64,78)(H2,65,79)(H2,66,80)(H2,67,81)(H2,68,82)(H2,69,83)(H,70,84)(H,86,87);;1H2/p-1/t31-,35-,36-,37-,38+,42-,53-,54-,57-,58+,60-,61+,62+,63+;;/m1../s1. The van der Waals surface area contributed by atoms with Crippen LogP contribution in [0.1, 0.15) is 157 Å². The number of aromatic nitrogens is 2. The minimum Gasteiger partial charge on any atom is -0.756 e. The third kappa shape index (κ3) is 14.5. The summed E-state index contributed by atoms with van der Waals surface area (Å²) < 4.78 is 32.0. The molecule has 2 fully saturated rings. The predicted molar refractivity (Wildman–Crippen MR) is 340 cm³/mol. The Hall–Kier alpha value is -6.53. The van der Waals surface area contributed by atoms with Gasteiger partial charge < -0.3 is 84.0 Å². The maximum Gasteiger partial charge on any atom is 0.268 e. The van der Waals surface area contributed by atoms with Crippen LogP contribution in [0.3, 0.4) is 0 Å². The molecule has 18 N–H and O–H groups in total. The van der Waals surface area contributed by atoms with E-state index in [1.807, 2.05) is 80.5 Å². The summed E-state index contributed by atoms with van der Waals surface area (Å²) in [5.74, 6) is -7.23. The van der Waals surface area contributed by atoms with Crippen LogP contribution in [0.2, 0.25) is 0 Å². The van der Waals surface area contributed by atoms with E-state index in [2.05, 4.69) is 15.6 Å². The summed E-state index contributed by atoms with van der Waals surface area (Å²) in [4.78, 5) is 128. The van der Waals surface area contributed by atoms with Gasteiger partial charge in [0, 0.05) is 142 Å². The Morgan fingerprint density at radius 1 is 0.817 bits per heavy atom. The number of hydrogen-bond donors (Lipinski definition) is 10. The van der Waals surface area contributed by atoms with Gasteiger partial charge in [-0.15, -0.1) is 0 Å². The SMILES string of the molecule is CCc1cc2c(cc1C)ncn2[C@H]1O[C@H](CO)[C@@H](OP(=O)([O-])O[C@H](C)CNC(=O)CC[C@@]2(C)C3=C(C)C4=NC(=CC5=NC(=C(C)C6=N[C@@](C)([C@H](N3)[C@@H]2CC(N)=O)[C@@](C)(CC(N)=O)[C@@H]6CCC(N)=O)[C@@](C)(CC(N)=O)[C@@H]5CCC(N)=O)C(C)(C)[C@@H]4CCC(N)=O)[C@H]1O.O.[Co]. The van der Waals surface area contributed by atoms with Crippen LogP contribution in [0, 0.1) is 52.3 Å². The second-order valence-corrected chi connectivity index (χ2v) is 28.6. The number of ether oxygens (including phenoxy) is 1. The molecule has 515 valence electrons. The van der Waals surface area contributed by atoms with Crippen LogP contribution >= 0.6 is 7.82 Å². The van der Waals surface area contributed by atoms with Crippen molar-refractivity contribution < 1.29 is 89.3 Å². The van der Waals surface area contributed by atoms with Gasteiger partial charge in [-0.25, -0.2) is 4.98 Å². The number of nitrogens with one attached hydrogen (secondary N) is 2. The van der Waals surface area contributed by atoms with E-state index in [1.54, 1.807) is 11.5 Å². The summed E-state index contributed by atoms with van der Waals surface area (Å²) in [6.45, 7) is 19.3. The quantitative estimate of drug-likeness (QED) is 0.0572. The molecule has 8 bridgehead atoms. The maximum atomic E-state index is 14.4. The Labute approximate surface area is 551 Å². The number of imidazole rings is 1. The number of carbonyl (C=O) groups excluding carboxylic acids is 7. The summed E-state index contributed by atoms with van der Waals surface area (Å²) in [6, 6.07) is 2.87. The minimum atomic E-state index is -5.32. The van der Waals surface area contributed by atoms with Crippen LogP contribution in [-0.2, 0) is 75.1 Å². The molecule has 1 unspecified atom stereocenters. The minimum absolute atomic E-state index is 0. The van der Waals surface area contributed by atoms with Crippen molar-refractivity contribution in [2.45, 2.75) is 195 Å². The van der Waals surface area contributed by atoms with Crippen LogP contribution in [0.5, 0.6) is 0 Å². The normalized spacial score (nSPS) is 31.1. The van der Waals surface area contributed by atoms with E-state index in [0.717, 1.165) is 17.5 Å². The fourth-order valence-corrected chi connectivity index (χ4v) is 16.9. The number of fused-ring (bicyclic) bond motifs is 7. The molecule has 0 saturated carbocycles. The molecule has 28 nitrogen and oxygen atoms in total. The molecule has 1 aromatic heterocycles. The van der Waals surface area contributed by atoms with E-state index in [9.17, 15) is 53.2 Å². The molecule has 7 heterocycles. The average molecular weight is 1360 g/mol. The number of benzene rings is 1. The number of nitrogens with two attached hydrogens (primary N) is 6. The first kappa shape index (κ1) is 75.5. The fourth-order valence-electron chi connectivity index (χ4n) is 15.8. The molecule has 6 aliphatic heterocycles. The molecule has 2 saturated heterocycles. The first-order valence-electron chi connectivity index (χ1n) is 31.1. The van der Waals surface area contributed by atoms with Gasteiger partial charge in [-0.3, -0.25) is 53.1 Å². The number of primary amides is 6. The first-order chi connectivity index (χ1) is 42.4. The Morgan fingerprint density at radius 2 is 1.42 bits per heavy atom. The van der Waals surface area contributed by atoms with Crippen LogP contribution in [0.25, 0.3) is 11.0 Å². The summed E-state index contributed by atoms with van der Waals surface area (Å²) >= 11 is 0. The molecule has 93 heavy (non-hydrogen) atoms. The first-order valence-corrected chi connectivity index (χ1v) is 32.6. The number of carbonyl (C=O) groups is 7. The molecule has 2 aromatic rings. The Kier molecular flexibility index (Phi) is 23.1. The number of hydrogen-bond acceptors (Lipinski definition) is 19. The molecule has 1 aromatic carbocycles. The van der Waals surface area contributed by atoms with Crippen molar-refractivity contribution in [1.29, 1.82) is 0 Å². The fraction of sp³-hybridized carbons (Fsp3) is 0.635. The van der Waals surface area contributed by atoms with E-state index in [1.165, 1.54) is 13.3 Å². The number of nitrogens with zero attached hydrogens (tertiary/aromatic N) is 5. The molecule has 0 aliphatic carbocycles. The van der Waals surface area contributed by atoms with E-state index < -0.39 is 143 Å². The molecule has 8 rings (SSSR count). The van der Waals surface area contributed by atoms with Gasteiger partial charge in [-0.2, -0.15) is 0 Å². The molecule has 0 spiro atoms. The summed E-state index contributed by atoms with van der Waals surface area (Å²) in [7, 11) is -5.32. The number of amides is 7. The van der Waals surface area contributed by atoms with Gasteiger partial charge in [0.25, 0.3) is 7.82 Å². The van der Waals surface area contributed by atoms with E-state index in [-0.39, 0.29) is 99.4 Å². The smallest absolute Gasteiger partial charge is 0.268 e. The number of rotatable bonds is 27. The van der Waals surface area contributed by atoms with Crippen LogP contribution in [0.4, 0.5) is 0 Å². The van der Waals surface area contributed by atoms with Crippen molar-refractivity contribution in [3.8, 4) is 0 Å². The Morgan fingerprint density at radius 3 is 1.99 bits per heavy atom. The molecule has 7 amide bonds.